The second-order valence-electron chi connectivity index (χ2n) is 5.44. The summed E-state index contributed by atoms with van der Waals surface area (Å²) in [5.41, 5.74) is 2.49. The van der Waals surface area contributed by atoms with E-state index in [1.807, 2.05) is 18.9 Å². The zero-order valence-corrected chi connectivity index (χ0v) is 13.3. The number of anilines is 1. The van der Waals surface area contributed by atoms with Crippen molar-refractivity contribution < 1.29 is 4.42 Å². The molecule has 5 nitrogen and oxygen atoms in total. The molecule has 21 heavy (non-hydrogen) atoms. The molecule has 0 radical (unpaired) electrons. The Morgan fingerprint density at radius 1 is 1.33 bits per heavy atom. The molecule has 114 valence electrons. The Bertz CT molecular complexity index is 567. The zero-order valence-electron chi connectivity index (χ0n) is 13.3. The Balaban J connectivity index is 2.00. The first kappa shape index (κ1) is 15.5. The fourth-order valence-electron chi connectivity index (χ4n) is 2.16. The summed E-state index contributed by atoms with van der Waals surface area (Å²) in [5, 5.41) is 11.6. The lowest BCUT2D eigenvalue weighted by Gasteiger charge is -2.14. The molecule has 0 spiro atoms. The molecule has 0 fully saturated rings. The quantitative estimate of drug-likeness (QED) is 0.848. The average Bonchev–Trinajstić information content (AvgIpc) is 2.94. The summed E-state index contributed by atoms with van der Waals surface area (Å²) in [4.78, 5) is 1.97. The summed E-state index contributed by atoms with van der Waals surface area (Å²) in [6.07, 6.45) is 1.08. The summed E-state index contributed by atoms with van der Waals surface area (Å²) in [7, 11) is 1.96. The summed E-state index contributed by atoms with van der Waals surface area (Å²) in [6.45, 7) is 7.95. The lowest BCUT2D eigenvalue weighted by Crippen LogP contribution is -2.19. The number of benzene rings is 1. The number of hydrogen-bond donors (Lipinski definition) is 1. The van der Waals surface area contributed by atoms with Crippen LogP contribution < -0.4 is 10.2 Å². The Kier molecular flexibility index (Phi) is 5.33. The summed E-state index contributed by atoms with van der Waals surface area (Å²) >= 11 is 0. The second-order valence-corrected chi connectivity index (χ2v) is 5.44. The van der Waals surface area contributed by atoms with Crippen LogP contribution >= 0.6 is 0 Å². The average molecular weight is 288 g/mol. The van der Waals surface area contributed by atoms with Gasteiger partial charge in [-0.1, -0.05) is 41.9 Å². The number of hydrogen-bond acceptors (Lipinski definition) is 5. The van der Waals surface area contributed by atoms with Crippen molar-refractivity contribution in [2.75, 3.05) is 18.5 Å². The van der Waals surface area contributed by atoms with Crippen molar-refractivity contribution in [1.82, 2.24) is 15.5 Å². The molecular weight excluding hydrogens is 264 g/mol. The van der Waals surface area contributed by atoms with Gasteiger partial charge in [-0.3, -0.25) is 0 Å². The van der Waals surface area contributed by atoms with Gasteiger partial charge in [0.05, 0.1) is 6.04 Å². The van der Waals surface area contributed by atoms with Crippen molar-refractivity contribution in [2.45, 2.75) is 39.8 Å². The Morgan fingerprint density at radius 3 is 2.86 bits per heavy atom. The number of aryl methyl sites for hydroxylation is 1. The molecule has 1 aromatic carbocycles. The molecule has 0 saturated heterocycles. The largest absolute Gasteiger partial charge is 0.406 e. The molecule has 0 aliphatic heterocycles. The van der Waals surface area contributed by atoms with Crippen LogP contribution in [-0.2, 0) is 6.54 Å². The van der Waals surface area contributed by atoms with E-state index < -0.39 is 0 Å². The van der Waals surface area contributed by atoms with Gasteiger partial charge in [-0.05, 0) is 32.4 Å². The third-order valence-corrected chi connectivity index (χ3v) is 3.33. The summed E-state index contributed by atoms with van der Waals surface area (Å²) in [5.74, 6) is 0.634. The van der Waals surface area contributed by atoms with Gasteiger partial charge in [0.2, 0.25) is 5.89 Å². The van der Waals surface area contributed by atoms with Crippen molar-refractivity contribution >= 4 is 6.01 Å². The summed E-state index contributed by atoms with van der Waals surface area (Å²) in [6, 6.07) is 9.06. The lowest BCUT2D eigenvalue weighted by molar-refractivity contribution is 0.416. The van der Waals surface area contributed by atoms with E-state index in [-0.39, 0.29) is 6.04 Å². The van der Waals surface area contributed by atoms with Gasteiger partial charge in [-0.25, -0.2) is 0 Å². The van der Waals surface area contributed by atoms with Gasteiger partial charge in [-0.2, -0.15) is 0 Å². The van der Waals surface area contributed by atoms with Crippen molar-refractivity contribution in [2.24, 2.45) is 0 Å². The third kappa shape index (κ3) is 4.29. The van der Waals surface area contributed by atoms with Crippen LogP contribution in [-0.4, -0.2) is 23.8 Å². The minimum atomic E-state index is 0.0820. The van der Waals surface area contributed by atoms with Gasteiger partial charge in [0.25, 0.3) is 0 Å². The molecule has 1 N–H and O–H groups in total. The highest BCUT2D eigenvalue weighted by Crippen LogP contribution is 2.18. The number of nitrogens with zero attached hydrogens (tertiary/aromatic N) is 3. The molecule has 1 heterocycles. The molecule has 1 aromatic heterocycles. The van der Waals surface area contributed by atoms with Crippen LogP contribution in [0, 0.1) is 6.92 Å². The van der Waals surface area contributed by atoms with E-state index in [4.69, 9.17) is 4.42 Å². The smallest absolute Gasteiger partial charge is 0.318 e. The van der Waals surface area contributed by atoms with Crippen LogP contribution in [0.15, 0.2) is 28.7 Å². The number of rotatable bonds is 7. The van der Waals surface area contributed by atoms with E-state index in [1.54, 1.807) is 0 Å². The standard InChI is InChI=1S/C16H24N4O/c1-5-9-17-13(3)15-18-19-16(21-15)20(4)11-14-8-6-7-12(2)10-14/h6-8,10,13,17H,5,9,11H2,1-4H3. The molecule has 0 bridgehead atoms. The molecule has 0 aliphatic rings. The van der Waals surface area contributed by atoms with Crippen LogP contribution in [0.2, 0.25) is 0 Å². The Hall–Kier alpha value is -1.88. The van der Waals surface area contributed by atoms with E-state index in [9.17, 15) is 0 Å². The second kappa shape index (κ2) is 7.22. The van der Waals surface area contributed by atoms with Gasteiger partial charge in [-0.15, -0.1) is 5.10 Å². The van der Waals surface area contributed by atoms with Crippen LogP contribution in [0.5, 0.6) is 0 Å². The number of aromatic nitrogens is 2. The maximum absolute atomic E-state index is 5.75. The predicted molar refractivity (Wildman–Crippen MR) is 84.3 cm³/mol. The normalized spacial score (nSPS) is 12.4. The maximum Gasteiger partial charge on any atom is 0.318 e. The third-order valence-electron chi connectivity index (χ3n) is 3.33. The fraction of sp³-hybridized carbons (Fsp3) is 0.500. The van der Waals surface area contributed by atoms with Gasteiger partial charge in [0.15, 0.2) is 0 Å². The van der Waals surface area contributed by atoms with Crippen LogP contribution in [0.1, 0.15) is 43.3 Å². The predicted octanol–water partition coefficient (Wildman–Crippen LogP) is 3.08. The van der Waals surface area contributed by atoms with E-state index in [1.165, 1.54) is 11.1 Å². The molecule has 0 amide bonds. The highest BCUT2D eigenvalue weighted by atomic mass is 16.4. The minimum absolute atomic E-state index is 0.0820. The molecule has 2 aromatic rings. The highest BCUT2D eigenvalue weighted by Gasteiger charge is 2.15. The highest BCUT2D eigenvalue weighted by molar-refractivity contribution is 5.29. The van der Waals surface area contributed by atoms with Gasteiger partial charge in [0.1, 0.15) is 0 Å². The first-order valence-electron chi connectivity index (χ1n) is 7.43. The molecule has 1 atom stereocenters. The fourth-order valence-corrected chi connectivity index (χ4v) is 2.16. The van der Waals surface area contributed by atoms with Crippen LogP contribution in [0.3, 0.4) is 0 Å². The monoisotopic (exact) mass is 288 g/mol. The van der Waals surface area contributed by atoms with E-state index in [2.05, 4.69) is 53.6 Å². The first-order chi connectivity index (χ1) is 10.1. The first-order valence-corrected chi connectivity index (χ1v) is 7.43. The van der Waals surface area contributed by atoms with E-state index in [0.717, 1.165) is 19.5 Å². The van der Waals surface area contributed by atoms with Crippen LogP contribution in [0.4, 0.5) is 6.01 Å². The minimum Gasteiger partial charge on any atom is -0.406 e. The van der Waals surface area contributed by atoms with E-state index >= 15 is 0 Å². The van der Waals surface area contributed by atoms with Gasteiger partial charge >= 0.3 is 6.01 Å². The van der Waals surface area contributed by atoms with Gasteiger partial charge < -0.3 is 14.6 Å². The van der Waals surface area contributed by atoms with Crippen molar-refractivity contribution in [3.8, 4) is 0 Å². The SMILES string of the molecule is CCCNC(C)c1nnc(N(C)Cc2cccc(C)c2)o1. The molecule has 0 saturated carbocycles. The van der Waals surface area contributed by atoms with Crippen molar-refractivity contribution in [1.29, 1.82) is 0 Å². The molecule has 1 unspecified atom stereocenters. The maximum atomic E-state index is 5.75. The number of nitrogens with one attached hydrogen (secondary N) is 1. The summed E-state index contributed by atoms with van der Waals surface area (Å²) < 4.78 is 5.75. The molecule has 0 aliphatic carbocycles. The topological polar surface area (TPSA) is 54.2 Å². The van der Waals surface area contributed by atoms with Crippen LogP contribution in [0.25, 0.3) is 0 Å². The van der Waals surface area contributed by atoms with E-state index in [0.29, 0.717) is 11.9 Å². The van der Waals surface area contributed by atoms with Gasteiger partial charge in [0, 0.05) is 13.6 Å². The van der Waals surface area contributed by atoms with Crippen molar-refractivity contribution in [3.05, 3.63) is 41.3 Å². The Labute approximate surface area is 126 Å². The van der Waals surface area contributed by atoms with Crippen molar-refractivity contribution in [3.63, 3.8) is 0 Å². The Morgan fingerprint density at radius 2 is 2.14 bits per heavy atom. The molecular formula is C16H24N4O. The zero-order chi connectivity index (χ0) is 15.2. The lowest BCUT2D eigenvalue weighted by atomic mass is 10.1. The molecule has 5 heteroatoms. The molecule has 2 rings (SSSR count).